The number of anilines is 1. The van der Waals surface area contributed by atoms with Crippen molar-refractivity contribution >= 4 is 5.69 Å². The number of methoxy groups -OCH3 is 1. The van der Waals surface area contributed by atoms with Crippen LogP contribution in [0, 0.1) is 5.92 Å². The van der Waals surface area contributed by atoms with Crippen LogP contribution in [-0.2, 0) is 11.3 Å². The number of benzene rings is 1. The van der Waals surface area contributed by atoms with Crippen LogP contribution >= 0.6 is 0 Å². The van der Waals surface area contributed by atoms with Crippen LogP contribution in [0.3, 0.4) is 0 Å². The minimum Gasteiger partial charge on any atom is -0.379 e. The van der Waals surface area contributed by atoms with E-state index in [1.807, 2.05) is 0 Å². The predicted molar refractivity (Wildman–Crippen MR) is 89.8 cm³/mol. The molecule has 0 amide bonds. The first-order chi connectivity index (χ1) is 9.93. The number of fused-ring (bicyclic) bond motifs is 1. The fraction of sp³-hybridized carbons (Fsp3) is 0.667. The summed E-state index contributed by atoms with van der Waals surface area (Å²) in [6, 6.07) is 9.29. The second kappa shape index (κ2) is 6.80. The van der Waals surface area contributed by atoms with Gasteiger partial charge in [0.15, 0.2) is 0 Å². The molecule has 1 unspecified atom stereocenters. The van der Waals surface area contributed by atoms with Crippen LogP contribution < -0.4 is 10.2 Å². The van der Waals surface area contributed by atoms with Crippen LogP contribution in [-0.4, -0.2) is 31.8 Å². The first kappa shape index (κ1) is 16.3. The molecular weight excluding hydrogens is 260 g/mol. The Kier molecular flexibility index (Phi) is 5.28. The van der Waals surface area contributed by atoms with Crippen molar-refractivity contribution < 1.29 is 4.74 Å². The molecule has 0 spiro atoms. The fourth-order valence-corrected chi connectivity index (χ4v) is 2.77. The van der Waals surface area contributed by atoms with Crippen LogP contribution in [0.2, 0.25) is 0 Å². The molecule has 1 aliphatic rings. The van der Waals surface area contributed by atoms with Crippen LogP contribution in [0.5, 0.6) is 0 Å². The summed E-state index contributed by atoms with van der Waals surface area (Å²) < 4.78 is 5.58. The second-order valence-corrected chi connectivity index (χ2v) is 7.02. The second-order valence-electron chi connectivity index (χ2n) is 7.02. The average molecular weight is 290 g/mol. The average Bonchev–Trinajstić information content (AvgIpc) is 2.65. The molecule has 0 saturated carbocycles. The van der Waals surface area contributed by atoms with Gasteiger partial charge in [0.2, 0.25) is 0 Å². The van der Waals surface area contributed by atoms with Gasteiger partial charge in [-0.25, -0.2) is 0 Å². The van der Waals surface area contributed by atoms with E-state index in [4.69, 9.17) is 4.74 Å². The summed E-state index contributed by atoms with van der Waals surface area (Å²) in [6.07, 6.45) is 1.03. The minimum atomic E-state index is -0.0675. The highest BCUT2D eigenvalue weighted by Crippen LogP contribution is 2.26. The standard InChI is InChI=1S/C18H30N2O/c1-14(2)16-13-20(11-10-18(3,4)21-5)17-9-7-6-8-15(17)12-19-16/h6-9,14,16,19H,10-13H2,1-5H3. The zero-order valence-corrected chi connectivity index (χ0v) is 14.1. The van der Waals surface area contributed by atoms with Gasteiger partial charge in [-0.3, -0.25) is 0 Å². The monoisotopic (exact) mass is 290 g/mol. The molecule has 0 aromatic heterocycles. The van der Waals surface area contributed by atoms with Crippen molar-refractivity contribution in [2.24, 2.45) is 5.92 Å². The van der Waals surface area contributed by atoms with Crippen molar-refractivity contribution in [2.45, 2.75) is 52.3 Å². The van der Waals surface area contributed by atoms with Crippen molar-refractivity contribution in [3.05, 3.63) is 29.8 Å². The summed E-state index contributed by atoms with van der Waals surface area (Å²) in [5.41, 5.74) is 2.71. The van der Waals surface area contributed by atoms with Crippen LogP contribution in [0.1, 0.15) is 39.7 Å². The van der Waals surface area contributed by atoms with Crippen molar-refractivity contribution in [3.8, 4) is 0 Å². The molecule has 1 atom stereocenters. The molecule has 0 aliphatic carbocycles. The zero-order chi connectivity index (χ0) is 15.5. The molecule has 0 saturated heterocycles. The Morgan fingerprint density at radius 1 is 1.33 bits per heavy atom. The number of hydrogen-bond donors (Lipinski definition) is 1. The van der Waals surface area contributed by atoms with Gasteiger partial charge in [-0.05, 0) is 37.8 Å². The van der Waals surface area contributed by atoms with Gasteiger partial charge in [-0.15, -0.1) is 0 Å². The summed E-state index contributed by atoms with van der Waals surface area (Å²) in [5, 5.41) is 3.71. The lowest BCUT2D eigenvalue weighted by Gasteiger charge is -2.32. The highest BCUT2D eigenvalue weighted by Gasteiger charge is 2.25. The van der Waals surface area contributed by atoms with E-state index in [1.54, 1.807) is 7.11 Å². The molecule has 3 heteroatoms. The molecule has 0 bridgehead atoms. The van der Waals surface area contributed by atoms with Gasteiger partial charge in [-0.1, -0.05) is 32.0 Å². The van der Waals surface area contributed by atoms with E-state index in [9.17, 15) is 0 Å². The first-order valence-corrected chi connectivity index (χ1v) is 8.04. The summed E-state index contributed by atoms with van der Waals surface area (Å²) in [7, 11) is 1.80. The number of rotatable bonds is 5. The number of ether oxygens (including phenoxy) is 1. The Morgan fingerprint density at radius 2 is 2.05 bits per heavy atom. The van der Waals surface area contributed by atoms with Gasteiger partial charge in [0, 0.05) is 38.5 Å². The molecule has 1 heterocycles. The van der Waals surface area contributed by atoms with Gasteiger partial charge in [0.25, 0.3) is 0 Å². The summed E-state index contributed by atoms with van der Waals surface area (Å²) >= 11 is 0. The lowest BCUT2D eigenvalue weighted by atomic mass is 10.0. The highest BCUT2D eigenvalue weighted by atomic mass is 16.5. The quantitative estimate of drug-likeness (QED) is 0.899. The zero-order valence-electron chi connectivity index (χ0n) is 14.1. The Hall–Kier alpha value is -1.06. The minimum absolute atomic E-state index is 0.0675. The van der Waals surface area contributed by atoms with Crippen molar-refractivity contribution in [1.29, 1.82) is 0 Å². The van der Waals surface area contributed by atoms with Crippen molar-refractivity contribution in [1.82, 2.24) is 5.32 Å². The molecular formula is C18H30N2O. The summed E-state index contributed by atoms with van der Waals surface area (Å²) in [6.45, 7) is 12.0. The molecule has 1 aliphatic heterocycles. The van der Waals surface area contributed by atoms with E-state index in [-0.39, 0.29) is 5.60 Å². The fourth-order valence-electron chi connectivity index (χ4n) is 2.77. The topological polar surface area (TPSA) is 24.5 Å². The molecule has 118 valence electrons. The Labute approximate surface area is 129 Å². The smallest absolute Gasteiger partial charge is 0.0639 e. The predicted octanol–water partition coefficient (Wildman–Crippen LogP) is 3.44. The maximum absolute atomic E-state index is 5.58. The third kappa shape index (κ3) is 4.21. The van der Waals surface area contributed by atoms with Crippen LogP contribution in [0.15, 0.2) is 24.3 Å². The molecule has 1 aromatic rings. The van der Waals surface area contributed by atoms with E-state index in [1.165, 1.54) is 11.3 Å². The van der Waals surface area contributed by atoms with E-state index in [2.05, 4.69) is 62.2 Å². The third-order valence-corrected chi connectivity index (χ3v) is 4.65. The molecule has 0 radical (unpaired) electrons. The van der Waals surface area contributed by atoms with E-state index < -0.39 is 0 Å². The van der Waals surface area contributed by atoms with Crippen molar-refractivity contribution in [3.63, 3.8) is 0 Å². The number of para-hydroxylation sites is 1. The van der Waals surface area contributed by atoms with Gasteiger partial charge >= 0.3 is 0 Å². The van der Waals surface area contributed by atoms with Gasteiger partial charge in [0.1, 0.15) is 0 Å². The largest absolute Gasteiger partial charge is 0.379 e. The van der Waals surface area contributed by atoms with E-state index >= 15 is 0 Å². The number of hydrogen-bond acceptors (Lipinski definition) is 3. The maximum Gasteiger partial charge on any atom is 0.0639 e. The molecule has 1 N–H and O–H groups in total. The van der Waals surface area contributed by atoms with Gasteiger partial charge in [0.05, 0.1) is 5.60 Å². The Balaban J connectivity index is 2.18. The SMILES string of the molecule is COC(C)(C)CCN1CC(C(C)C)NCc2ccccc21. The molecule has 21 heavy (non-hydrogen) atoms. The summed E-state index contributed by atoms with van der Waals surface area (Å²) in [4.78, 5) is 2.53. The van der Waals surface area contributed by atoms with Crippen LogP contribution in [0.4, 0.5) is 5.69 Å². The van der Waals surface area contributed by atoms with E-state index in [0.29, 0.717) is 12.0 Å². The van der Waals surface area contributed by atoms with Gasteiger partial charge in [-0.2, -0.15) is 0 Å². The normalized spacial score (nSPS) is 19.5. The molecule has 2 rings (SSSR count). The highest BCUT2D eigenvalue weighted by molar-refractivity contribution is 5.54. The van der Waals surface area contributed by atoms with Crippen LogP contribution in [0.25, 0.3) is 0 Å². The molecule has 3 nitrogen and oxygen atoms in total. The molecule has 0 fully saturated rings. The number of nitrogens with zero attached hydrogens (tertiary/aromatic N) is 1. The summed E-state index contributed by atoms with van der Waals surface area (Å²) in [5.74, 6) is 0.636. The third-order valence-electron chi connectivity index (χ3n) is 4.65. The lowest BCUT2D eigenvalue weighted by Crippen LogP contribution is -2.43. The van der Waals surface area contributed by atoms with E-state index in [0.717, 1.165) is 26.1 Å². The van der Waals surface area contributed by atoms with Crippen molar-refractivity contribution in [2.75, 3.05) is 25.1 Å². The first-order valence-electron chi connectivity index (χ1n) is 8.04. The van der Waals surface area contributed by atoms with Gasteiger partial charge < -0.3 is 15.0 Å². The Bertz CT molecular complexity index is 456. The lowest BCUT2D eigenvalue weighted by molar-refractivity contribution is 0.0171. The number of nitrogens with one attached hydrogen (secondary N) is 1. The Morgan fingerprint density at radius 3 is 2.71 bits per heavy atom. The molecule has 1 aromatic carbocycles. The maximum atomic E-state index is 5.58.